The van der Waals surface area contributed by atoms with Gasteiger partial charge in [0.1, 0.15) is 0 Å². The highest BCUT2D eigenvalue weighted by Crippen LogP contribution is 2.39. The second-order valence-electron chi connectivity index (χ2n) is 9.15. The van der Waals surface area contributed by atoms with Gasteiger partial charge in [0.2, 0.25) is 5.91 Å². The summed E-state index contributed by atoms with van der Waals surface area (Å²) in [6, 6.07) is 17.9. The van der Waals surface area contributed by atoms with Gasteiger partial charge in [-0.05, 0) is 56.3 Å². The molecule has 1 aliphatic carbocycles. The number of fused-ring (bicyclic) bond motifs is 3. The molecule has 2 amide bonds. The van der Waals surface area contributed by atoms with Crippen LogP contribution in [0, 0.1) is 0 Å². The van der Waals surface area contributed by atoms with Crippen LogP contribution in [0.5, 0.6) is 0 Å². The van der Waals surface area contributed by atoms with Crippen molar-refractivity contribution in [2.24, 2.45) is 5.73 Å². The summed E-state index contributed by atoms with van der Waals surface area (Å²) in [5.74, 6) is -0.391. The monoisotopic (exact) mass is 440 g/mol. The van der Waals surface area contributed by atoms with E-state index < -0.39 is 5.91 Å². The summed E-state index contributed by atoms with van der Waals surface area (Å²) in [4.78, 5) is 34.5. The predicted octanol–water partition coefficient (Wildman–Crippen LogP) is 3.58. The molecule has 6 heteroatoms. The molecule has 1 saturated heterocycles. The summed E-state index contributed by atoms with van der Waals surface area (Å²) in [7, 11) is 4.19. The van der Waals surface area contributed by atoms with Crippen LogP contribution in [0.3, 0.4) is 0 Å². The zero-order chi connectivity index (χ0) is 23.1. The first-order valence-corrected chi connectivity index (χ1v) is 11.4. The van der Waals surface area contributed by atoms with Crippen LogP contribution in [0.25, 0.3) is 22.5 Å². The minimum atomic E-state index is -0.460. The van der Waals surface area contributed by atoms with Crippen molar-refractivity contribution in [1.29, 1.82) is 0 Å². The van der Waals surface area contributed by atoms with Crippen LogP contribution < -0.4 is 5.73 Å². The molecule has 1 aromatic heterocycles. The number of hydrogen-bond donors (Lipinski definition) is 1. The third-order valence-corrected chi connectivity index (χ3v) is 6.92. The van der Waals surface area contributed by atoms with Gasteiger partial charge < -0.3 is 15.5 Å². The number of hydrogen-bond acceptors (Lipinski definition) is 4. The SMILES string of the molecule is CN(C)C1CCN(C(=O)c2ccc3c(c2)Cc2c(C(N)=O)cc(-c4ccccc4)nc2-3)CC1. The first-order valence-electron chi connectivity index (χ1n) is 11.4. The molecule has 168 valence electrons. The van der Waals surface area contributed by atoms with Crippen LogP contribution in [0.4, 0.5) is 0 Å². The van der Waals surface area contributed by atoms with Crippen molar-refractivity contribution in [3.8, 4) is 22.5 Å². The van der Waals surface area contributed by atoms with Crippen LogP contribution in [0.2, 0.25) is 0 Å². The van der Waals surface area contributed by atoms with E-state index in [1.807, 2.05) is 53.4 Å². The van der Waals surface area contributed by atoms with E-state index in [1.54, 1.807) is 6.07 Å². The summed E-state index contributed by atoms with van der Waals surface area (Å²) < 4.78 is 0. The molecular formula is C27H28N4O2. The number of carbonyl (C=O) groups is 2. The molecule has 0 bridgehead atoms. The molecule has 2 N–H and O–H groups in total. The fraction of sp³-hybridized carbons (Fsp3) is 0.296. The minimum absolute atomic E-state index is 0.0685. The van der Waals surface area contributed by atoms with E-state index in [9.17, 15) is 9.59 Å². The van der Waals surface area contributed by atoms with Crippen molar-refractivity contribution in [3.05, 3.63) is 76.9 Å². The Balaban J connectivity index is 1.46. The van der Waals surface area contributed by atoms with Gasteiger partial charge in [-0.3, -0.25) is 9.59 Å². The Morgan fingerprint density at radius 2 is 1.76 bits per heavy atom. The largest absolute Gasteiger partial charge is 0.366 e. The van der Waals surface area contributed by atoms with Gasteiger partial charge in [-0.25, -0.2) is 4.98 Å². The minimum Gasteiger partial charge on any atom is -0.366 e. The first kappa shape index (κ1) is 21.3. The van der Waals surface area contributed by atoms with E-state index in [2.05, 4.69) is 19.0 Å². The van der Waals surface area contributed by atoms with Crippen LogP contribution in [-0.2, 0) is 6.42 Å². The summed E-state index contributed by atoms with van der Waals surface area (Å²) in [5, 5.41) is 0. The molecule has 2 aliphatic rings. The predicted molar refractivity (Wildman–Crippen MR) is 129 cm³/mol. The molecular weight excluding hydrogens is 412 g/mol. The van der Waals surface area contributed by atoms with Crippen LogP contribution in [0.15, 0.2) is 54.6 Å². The molecule has 5 rings (SSSR count). The van der Waals surface area contributed by atoms with Gasteiger partial charge in [-0.1, -0.05) is 36.4 Å². The van der Waals surface area contributed by atoms with Gasteiger partial charge in [0, 0.05) is 47.8 Å². The average Bonchev–Trinajstić information content (AvgIpc) is 3.21. The summed E-state index contributed by atoms with van der Waals surface area (Å²) in [6.07, 6.45) is 2.53. The van der Waals surface area contributed by atoms with Gasteiger partial charge in [0.15, 0.2) is 0 Å². The molecule has 0 unspecified atom stereocenters. The van der Waals surface area contributed by atoms with E-state index in [0.717, 1.165) is 59.6 Å². The second kappa shape index (κ2) is 8.45. The van der Waals surface area contributed by atoms with Crippen LogP contribution >= 0.6 is 0 Å². The molecule has 6 nitrogen and oxygen atoms in total. The maximum Gasteiger partial charge on any atom is 0.253 e. The Bertz CT molecular complexity index is 1230. The molecule has 3 aromatic rings. The molecule has 33 heavy (non-hydrogen) atoms. The number of rotatable bonds is 4. The van der Waals surface area contributed by atoms with Gasteiger partial charge in [0.25, 0.3) is 5.91 Å². The quantitative estimate of drug-likeness (QED) is 0.526. The summed E-state index contributed by atoms with van der Waals surface area (Å²) in [6.45, 7) is 1.54. The highest BCUT2D eigenvalue weighted by Gasteiger charge is 2.29. The highest BCUT2D eigenvalue weighted by atomic mass is 16.2. The van der Waals surface area contributed by atoms with Crippen molar-refractivity contribution >= 4 is 11.8 Å². The highest BCUT2D eigenvalue weighted by molar-refractivity contribution is 6.00. The van der Waals surface area contributed by atoms with Crippen molar-refractivity contribution in [3.63, 3.8) is 0 Å². The van der Waals surface area contributed by atoms with E-state index in [4.69, 9.17) is 10.7 Å². The Kier molecular flexibility index (Phi) is 5.46. The molecule has 0 radical (unpaired) electrons. The lowest BCUT2D eigenvalue weighted by atomic mass is 10.0. The number of amides is 2. The normalized spacial score (nSPS) is 15.4. The third-order valence-electron chi connectivity index (χ3n) is 6.92. The lowest BCUT2D eigenvalue weighted by Crippen LogP contribution is -2.44. The molecule has 1 aliphatic heterocycles. The zero-order valence-corrected chi connectivity index (χ0v) is 19.0. The number of pyridine rings is 1. The Labute approximate surface area is 194 Å². The summed E-state index contributed by atoms with van der Waals surface area (Å²) >= 11 is 0. The number of primary amides is 1. The molecule has 0 saturated carbocycles. The second-order valence-corrected chi connectivity index (χ2v) is 9.15. The fourth-order valence-electron chi connectivity index (χ4n) is 5.01. The maximum absolute atomic E-state index is 13.2. The number of aromatic nitrogens is 1. The molecule has 0 atom stereocenters. The average molecular weight is 441 g/mol. The zero-order valence-electron chi connectivity index (χ0n) is 19.0. The van der Waals surface area contributed by atoms with Crippen LogP contribution in [0.1, 0.15) is 44.7 Å². The standard InChI is InChI=1S/C27H28N4O2/c1-30(2)20-10-12-31(13-11-20)27(33)18-8-9-21-19(14-18)15-22-23(26(28)32)16-24(29-25(21)22)17-6-4-3-5-7-17/h3-9,14,16,20H,10-13,15H2,1-2H3,(H2,28,32). The summed E-state index contributed by atoms with van der Waals surface area (Å²) in [5.41, 5.74) is 12.2. The van der Waals surface area contributed by atoms with Crippen LogP contribution in [-0.4, -0.2) is 59.8 Å². The van der Waals surface area contributed by atoms with Crippen molar-refractivity contribution in [2.75, 3.05) is 27.2 Å². The van der Waals surface area contributed by atoms with Gasteiger partial charge in [-0.2, -0.15) is 0 Å². The Morgan fingerprint density at radius 3 is 2.42 bits per heavy atom. The third kappa shape index (κ3) is 3.91. The lowest BCUT2D eigenvalue weighted by Gasteiger charge is -2.35. The number of nitrogens with two attached hydrogens (primary N) is 1. The number of likely N-dealkylation sites (tertiary alicyclic amines) is 1. The van der Waals surface area contributed by atoms with Gasteiger partial charge in [-0.15, -0.1) is 0 Å². The molecule has 2 heterocycles. The molecule has 0 spiro atoms. The fourth-order valence-corrected chi connectivity index (χ4v) is 5.01. The topological polar surface area (TPSA) is 79.5 Å². The number of carbonyl (C=O) groups excluding carboxylic acids is 2. The van der Waals surface area contributed by atoms with Crippen molar-refractivity contribution < 1.29 is 9.59 Å². The molecule has 2 aromatic carbocycles. The number of piperidine rings is 1. The number of nitrogens with zero attached hydrogens (tertiary/aromatic N) is 3. The Hall–Kier alpha value is -3.51. The first-order chi connectivity index (χ1) is 15.9. The van der Waals surface area contributed by atoms with E-state index >= 15 is 0 Å². The van der Waals surface area contributed by atoms with E-state index in [-0.39, 0.29) is 5.91 Å². The lowest BCUT2D eigenvalue weighted by molar-refractivity contribution is 0.0663. The van der Waals surface area contributed by atoms with E-state index in [0.29, 0.717) is 23.6 Å². The van der Waals surface area contributed by atoms with Gasteiger partial charge in [0.05, 0.1) is 11.4 Å². The smallest absolute Gasteiger partial charge is 0.253 e. The Morgan fingerprint density at radius 1 is 1.03 bits per heavy atom. The molecule has 1 fully saturated rings. The van der Waals surface area contributed by atoms with Crippen molar-refractivity contribution in [1.82, 2.24) is 14.8 Å². The van der Waals surface area contributed by atoms with Gasteiger partial charge >= 0.3 is 0 Å². The van der Waals surface area contributed by atoms with Crippen molar-refractivity contribution in [2.45, 2.75) is 25.3 Å². The maximum atomic E-state index is 13.2. The number of benzene rings is 2. The van der Waals surface area contributed by atoms with E-state index in [1.165, 1.54) is 0 Å².